The van der Waals surface area contributed by atoms with Gasteiger partial charge in [-0.3, -0.25) is 4.98 Å². The van der Waals surface area contributed by atoms with Crippen molar-refractivity contribution in [1.82, 2.24) is 10.1 Å². The second-order valence-corrected chi connectivity index (χ2v) is 7.25. The molecule has 0 bridgehead atoms. The minimum absolute atomic E-state index is 0.197. The van der Waals surface area contributed by atoms with Crippen LogP contribution in [0.15, 0.2) is 4.52 Å². The Labute approximate surface area is 104 Å². The molecule has 1 aliphatic heterocycles. The lowest BCUT2D eigenvalue weighted by Crippen LogP contribution is -2.41. The predicted molar refractivity (Wildman–Crippen MR) is 64.8 cm³/mol. The molecular formula is C9H15N3O3S2. The van der Waals surface area contributed by atoms with Crippen LogP contribution in [0.3, 0.4) is 0 Å². The van der Waals surface area contributed by atoms with E-state index < -0.39 is 9.84 Å². The number of nitrogens with zero attached hydrogens (tertiary/aromatic N) is 1. The van der Waals surface area contributed by atoms with E-state index in [9.17, 15) is 8.42 Å². The summed E-state index contributed by atoms with van der Waals surface area (Å²) < 4.78 is 27.6. The Balaban J connectivity index is 2.14. The van der Waals surface area contributed by atoms with Gasteiger partial charge in [0.25, 0.3) is 4.84 Å². The summed E-state index contributed by atoms with van der Waals surface area (Å²) in [5.74, 6) is 1.03. The maximum Gasteiger partial charge on any atom is 0.294 e. The van der Waals surface area contributed by atoms with Crippen LogP contribution in [0.2, 0.25) is 0 Å². The lowest BCUT2D eigenvalue weighted by atomic mass is 9.79. The number of nitrogens with one attached hydrogen (secondary N) is 1. The molecule has 1 aromatic rings. The van der Waals surface area contributed by atoms with Gasteiger partial charge in [-0.1, -0.05) is 5.16 Å². The topological polar surface area (TPSA) is 102 Å². The highest BCUT2D eigenvalue weighted by atomic mass is 32.2. The van der Waals surface area contributed by atoms with Gasteiger partial charge in [0.2, 0.25) is 0 Å². The van der Waals surface area contributed by atoms with Gasteiger partial charge in [0.05, 0.1) is 11.5 Å². The summed E-state index contributed by atoms with van der Waals surface area (Å²) in [6, 6.07) is 0. The second kappa shape index (κ2) is 4.51. The van der Waals surface area contributed by atoms with Gasteiger partial charge in [0.1, 0.15) is 9.84 Å². The van der Waals surface area contributed by atoms with Gasteiger partial charge in [0.15, 0.2) is 5.82 Å². The van der Waals surface area contributed by atoms with Crippen molar-refractivity contribution in [3.05, 3.63) is 10.7 Å². The van der Waals surface area contributed by atoms with Crippen LogP contribution in [0.4, 0.5) is 0 Å². The third-order valence-corrected chi connectivity index (χ3v) is 5.18. The number of nitrogens with two attached hydrogens (primary N) is 1. The van der Waals surface area contributed by atoms with E-state index in [1.165, 1.54) is 0 Å². The SMILES string of the molecule is NCC1(Cc2noc(=S)[nH]2)CCS(=O)(=O)CC1. The van der Waals surface area contributed by atoms with E-state index in [2.05, 4.69) is 10.1 Å². The van der Waals surface area contributed by atoms with Gasteiger partial charge in [-0.05, 0) is 37.0 Å². The van der Waals surface area contributed by atoms with Gasteiger partial charge >= 0.3 is 0 Å². The number of sulfone groups is 1. The van der Waals surface area contributed by atoms with Crippen LogP contribution in [0, 0.1) is 10.3 Å². The van der Waals surface area contributed by atoms with Crippen molar-refractivity contribution < 1.29 is 12.9 Å². The highest BCUT2D eigenvalue weighted by Gasteiger charge is 2.37. The molecule has 8 heteroatoms. The Morgan fingerprint density at radius 1 is 1.47 bits per heavy atom. The molecule has 2 rings (SSSR count). The molecule has 0 unspecified atom stereocenters. The summed E-state index contributed by atoms with van der Waals surface area (Å²) in [5, 5.41) is 3.80. The molecule has 0 radical (unpaired) electrons. The number of hydrogen-bond acceptors (Lipinski definition) is 6. The van der Waals surface area contributed by atoms with Gasteiger partial charge < -0.3 is 10.3 Å². The molecule has 1 saturated heterocycles. The monoisotopic (exact) mass is 277 g/mol. The number of H-pyrrole nitrogens is 1. The van der Waals surface area contributed by atoms with E-state index in [0.717, 1.165) is 0 Å². The molecule has 0 spiro atoms. The number of aromatic amines is 1. The minimum Gasteiger partial charge on any atom is -0.330 e. The van der Waals surface area contributed by atoms with Crippen LogP contribution in [-0.2, 0) is 16.3 Å². The van der Waals surface area contributed by atoms with E-state index in [1.807, 2.05) is 0 Å². The second-order valence-electron chi connectivity index (χ2n) is 4.57. The fourth-order valence-corrected chi connectivity index (χ4v) is 3.96. The summed E-state index contributed by atoms with van der Waals surface area (Å²) in [7, 11) is -2.88. The average molecular weight is 277 g/mol. The maximum absolute atomic E-state index is 11.4. The van der Waals surface area contributed by atoms with E-state index in [1.54, 1.807) is 0 Å². The van der Waals surface area contributed by atoms with Gasteiger partial charge in [-0.25, -0.2) is 8.42 Å². The zero-order valence-corrected chi connectivity index (χ0v) is 10.9. The first-order valence-electron chi connectivity index (χ1n) is 5.40. The molecule has 2 heterocycles. The Kier molecular flexibility index (Phi) is 3.37. The van der Waals surface area contributed by atoms with Crippen molar-refractivity contribution in [2.45, 2.75) is 19.3 Å². The zero-order valence-electron chi connectivity index (χ0n) is 9.31. The molecule has 0 atom stereocenters. The smallest absolute Gasteiger partial charge is 0.294 e. The summed E-state index contributed by atoms with van der Waals surface area (Å²) in [4.78, 5) is 3.07. The lowest BCUT2D eigenvalue weighted by molar-refractivity contribution is 0.254. The third kappa shape index (κ3) is 2.93. The molecule has 17 heavy (non-hydrogen) atoms. The number of aromatic nitrogens is 2. The molecule has 0 aliphatic carbocycles. The highest BCUT2D eigenvalue weighted by Crippen LogP contribution is 2.34. The van der Waals surface area contributed by atoms with E-state index in [-0.39, 0.29) is 21.8 Å². The number of rotatable bonds is 3. The molecule has 0 saturated carbocycles. The number of hydrogen-bond donors (Lipinski definition) is 2. The fourth-order valence-electron chi connectivity index (χ4n) is 2.12. The summed E-state index contributed by atoms with van der Waals surface area (Å²) in [6.45, 7) is 0.440. The van der Waals surface area contributed by atoms with E-state index in [4.69, 9.17) is 22.5 Å². The first kappa shape index (κ1) is 12.7. The summed E-state index contributed by atoms with van der Waals surface area (Å²) in [5.41, 5.74) is 5.58. The molecule has 1 fully saturated rings. The van der Waals surface area contributed by atoms with E-state index >= 15 is 0 Å². The van der Waals surface area contributed by atoms with Crippen LogP contribution in [0.25, 0.3) is 0 Å². The quantitative estimate of drug-likeness (QED) is 0.777. The Morgan fingerprint density at radius 2 is 2.12 bits per heavy atom. The third-order valence-electron chi connectivity index (χ3n) is 3.35. The Bertz CT molecular complexity index is 532. The van der Waals surface area contributed by atoms with E-state index in [0.29, 0.717) is 31.6 Å². The molecule has 1 aliphatic rings. The van der Waals surface area contributed by atoms with Gasteiger partial charge in [-0.15, -0.1) is 0 Å². The Morgan fingerprint density at radius 3 is 2.59 bits per heavy atom. The summed E-state index contributed by atoms with van der Waals surface area (Å²) in [6.07, 6.45) is 1.72. The van der Waals surface area contributed by atoms with Crippen LogP contribution in [0.5, 0.6) is 0 Å². The van der Waals surface area contributed by atoms with Crippen molar-refractivity contribution in [3.63, 3.8) is 0 Å². The van der Waals surface area contributed by atoms with Crippen molar-refractivity contribution in [1.29, 1.82) is 0 Å². The first-order valence-corrected chi connectivity index (χ1v) is 7.63. The van der Waals surface area contributed by atoms with Gasteiger partial charge in [-0.2, -0.15) is 0 Å². The normalized spacial score (nSPS) is 22.4. The first-order chi connectivity index (χ1) is 7.95. The standard InChI is InChI=1S/C9H15N3O3S2/c10-6-9(1-3-17(13,14)4-2-9)5-7-11-8(16)15-12-7/h1-6,10H2,(H,11,12,16). The zero-order chi connectivity index (χ0) is 12.5. The maximum atomic E-state index is 11.4. The van der Waals surface area contributed by atoms with Crippen molar-refractivity contribution in [2.75, 3.05) is 18.1 Å². The average Bonchev–Trinajstić information content (AvgIpc) is 2.68. The predicted octanol–water partition coefficient (Wildman–Crippen LogP) is 0.428. The van der Waals surface area contributed by atoms with Crippen molar-refractivity contribution in [3.8, 4) is 0 Å². The molecule has 0 amide bonds. The van der Waals surface area contributed by atoms with Crippen LogP contribution < -0.4 is 5.73 Å². The Hall–Kier alpha value is -0.730. The minimum atomic E-state index is -2.88. The highest BCUT2D eigenvalue weighted by molar-refractivity contribution is 7.91. The molecule has 1 aromatic heterocycles. The summed E-state index contributed by atoms with van der Waals surface area (Å²) >= 11 is 4.80. The lowest BCUT2D eigenvalue weighted by Gasteiger charge is -2.35. The molecular weight excluding hydrogens is 262 g/mol. The van der Waals surface area contributed by atoms with Crippen LogP contribution in [0.1, 0.15) is 18.7 Å². The van der Waals surface area contributed by atoms with Crippen LogP contribution in [-0.4, -0.2) is 36.6 Å². The van der Waals surface area contributed by atoms with Crippen molar-refractivity contribution in [2.24, 2.45) is 11.1 Å². The molecule has 96 valence electrons. The fraction of sp³-hybridized carbons (Fsp3) is 0.778. The molecule has 6 nitrogen and oxygen atoms in total. The largest absolute Gasteiger partial charge is 0.330 e. The van der Waals surface area contributed by atoms with Crippen molar-refractivity contribution >= 4 is 22.1 Å². The van der Waals surface area contributed by atoms with Crippen LogP contribution >= 0.6 is 12.2 Å². The van der Waals surface area contributed by atoms with Gasteiger partial charge in [0, 0.05) is 6.42 Å². The molecule has 0 aromatic carbocycles. The molecule has 3 N–H and O–H groups in total.